The van der Waals surface area contributed by atoms with E-state index in [9.17, 15) is 19.2 Å². The Bertz CT molecular complexity index is 2760. The molecule has 4 aromatic carbocycles. The van der Waals surface area contributed by atoms with Crippen molar-refractivity contribution in [2.24, 2.45) is 23.7 Å². The van der Waals surface area contributed by atoms with Gasteiger partial charge in [-0.3, -0.25) is 9.59 Å². The van der Waals surface area contributed by atoms with Crippen LogP contribution < -0.4 is 10.6 Å². The van der Waals surface area contributed by atoms with Gasteiger partial charge in [-0.05, 0) is 89.6 Å². The van der Waals surface area contributed by atoms with E-state index in [1.54, 1.807) is 7.11 Å². The van der Waals surface area contributed by atoms with Gasteiger partial charge >= 0.3 is 12.2 Å². The highest BCUT2D eigenvalue weighted by atomic mass is 16.5. The summed E-state index contributed by atoms with van der Waals surface area (Å²) in [5.74, 6) is 1.28. The highest BCUT2D eigenvalue weighted by Gasteiger charge is 2.44. The fourth-order valence-electron chi connectivity index (χ4n) is 10.3. The van der Waals surface area contributed by atoms with E-state index in [0.717, 1.165) is 67.0 Å². The lowest BCUT2D eigenvalue weighted by Gasteiger charge is -2.34. The Morgan fingerprint density at radius 3 is 1.85 bits per heavy atom. The normalized spacial score (nSPS) is 21.4. The number of ether oxygens (including phenoxy) is 4. The summed E-state index contributed by atoms with van der Waals surface area (Å²) in [6, 6.07) is 19.0. The Morgan fingerprint density at radius 2 is 1.29 bits per heavy atom. The van der Waals surface area contributed by atoms with E-state index in [-0.39, 0.29) is 47.6 Å². The first-order chi connectivity index (χ1) is 31.4. The Balaban J connectivity index is 0.985. The molecule has 0 saturated carbocycles. The minimum atomic E-state index is -0.748. The highest BCUT2D eigenvalue weighted by molar-refractivity contribution is 6.07. The van der Waals surface area contributed by atoms with Crippen LogP contribution in [0.15, 0.2) is 60.7 Å². The van der Waals surface area contributed by atoms with Crippen molar-refractivity contribution in [3.8, 4) is 11.1 Å². The van der Waals surface area contributed by atoms with Crippen LogP contribution in [0.1, 0.15) is 70.2 Å². The van der Waals surface area contributed by atoms with Crippen molar-refractivity contribution >= 4 is 67.6 Å². The second-order valence-electron chi connectivity index (χ2n) is 18.4. The summed E-state index contributed by atoms with van der Waals surface area (Å²) in [7, 11) is 4.28. The molecule has 16 heteroatoms. The van der Waals surface area contributed by atoms with Gasteiger partial charge < -0.3 is 49.3 Å². The van der Waals surface area contributed by atoms with E-state index in [0.29, 0.717) is 58.0 Å². The molecule has 3 saturated heterocycles. The number of benzene rings is 4. The molecule has 0 bridgehead atoms. The van der Waals surface area contributed by atoms with Crippen LogP contribution in [0.3, 0.4) is 0 Å². The smallest absolute Gasteiger partial charge is 0.407 e. The summed E-state index contributed by atoms with van der Waals surface area (Å²) < 4.78 is 20.9. The van der Waals surface area contributed by atoms with Gasteiger partial charge in [-0.15, -0.1) is 0 Å². The van der Waals surface area contributed by atoms with Crippen molar-refractivity contribution < 1.29 is 38.1 Å². The third-order valence-corrected chi connectivity index (χ3v) is 13.7. The molecule has 65 heavy (non-hydrogen) atoms. The van der Waals surface area contributed by atoms with Crippen LogP contribution in [0.5, 0.6) is 0 Å². The van der Waals surface area contributed by atoms with Crippen LogP contribution in [-0.4, -0.2) is 120 Å². The molecule has 3 aliphatic rings. The molecule has 0 spiro atoms. The predicted octanol–water partition coefficient (Wildman–Crippen LogP) is 7.39. The molecule has 342 valence electrons. The average molecular weight is 887 g/mol. The first kappa shape index (κ1) is 44.0. The molecule has 6 atom stereocenters. The van der Waals surface area contributed by atoms with Crippen LogP contribution in [0.4, 0.5) is 9.59 Å². The van der Waals surface area contributed by atoms with Crippen molar-refractivity contribution in [2.45, 2.75) is 70.6 Å². The lowest BCUT2D eigenvalue weighted by Crippen LogP contribution is -2.53. The molecule has 0 radical (unpaired) electrons. The van der Waals surface area contributed by atoms with E-state index in [1.807, 2.05) is 35.8 Å². The number of nitrogens with zero attached hydrogens (tertiary/aromatic N) is 4. The number of carbonyl (C=O) groups is 4. The van der Waals surface area contributed by atoms with Crippen LogP contribution in [0.2, 0.25) is 0 Å². The molecule has 4 N–H and O–H groups in total. The zero-order valence-electron chi connectivity index (χ0n) is 37.8. The number of rotatable bonds is 11. The molecule has 3 aliphatic heterocycles. The van der Waals surface area contributed by atoms with Gasteiger partial charge in [-0.25, -0.2) is 19.6 Å². The Morgan fingerprint density at radius 1 is 0.738 bits per heavy atom. The van der Waals surface area contributed by atoms with Crippen LogP contribution in [0, 0.1) is 23.7 Å². The van der Waals surface area contributed by atoms with Crippen LogP contribution >= 0.6 is 0 Å². The summed E-state index contributed by atoms with van der Waals surface area (Å²) in [5.41, 5.74) is 5.55. The Kier molecular flexibility index (Phi) is 12.4. The zero-order chi connectivity index (χ0) is 45.5. The lowest BCUT2D eigenvalue weighted by molar-refractivity contribution is -0.137. The first-order valence-electron chi connectivity index (χ1n) is 22.7. The van der Waals surface area contributed by atoms with Gasteiger partial charge in [0.25, 0.3) is 0 Å². The van der Waals surface area contributed by atoms with Crippen molar-refractivity contribution in [1.82, 2.24) is 40.4 Å². The van der Waals surface area contributed by atoms with Gasteiger partial charge in [0.1, 0.15) is 23.7 Å². The predicted molar refractivity (Wildman–Crippen MR) is 246 cm³/mol. The Labute approximate surface area is 377 Å². The number of carbonyl (C=O) groups excluding carboxylic acids is 4. The topological polar surface area (TPSA) is 193 Å². The van der Waals surface area contributed by atoms with Crippen molar-refractivity contribution in [3.63, 3.8) is 0 Å². The van der Waals surface area contributed by atoms with Crippen molar-refractivity contribution in [1.29, 1.82) is 0 Å². The fraction of sp³-hybridized carbons (Fsp3) is 0.469. The van der Waals surface area contributed by atoms with Crippen molar-refractivity contribution in [2.75, 3.05) is 54.2 Å². The van der Waals surface area contributed by atoms with Gasteiger partial charge in [0, 0.05) is 50.1 Å². The number of imidazole rings is 2. The van der Waals surface area contributed by atoms with E-state index in [2.05, 4.69) is 76.1 Å². The number of amides is 4. The summed E-state index contributed by atoms with van der Waals surface area (Å²) >= 11 is 0. The molecular weight excluding hydrogens is 829 g/mol. The molecule has 16 nitrogen and oxygen atoms in total. The summed E-state index contributed by atoms with van der Waals surface area (Å²) in [5, 5.41) is 9.65. The number of methoxy groups -OCH3 is 3. The maximum Gasteiger partial charge on any atom is 0.407 e. The highest BCUT2D eigenvalue weighted by Crippen LogP contribution is 2.40. The first-order valence-corrected chi connectivity index (χ1v) is 22.7. The molecule has 0 aliphatic carbocycles. The third kappa shape index (κ3) is 8.56. The molecule has 4 amide bonds. The van der Waals surface area contributed by atoms with Gasteiger partial charge in [-0.2, -0.15) is 0 Å². The molecule has 5 heterocycles. The number of likely N-dealkylation sites (tertiary alicyclic amines) is 2. The minimum Gasteiger partial charge on any atom is -0.453 e. The minimum absolute atomic E-state index is 0.0773. The molecule has 6 aromatic rings. The number of aromatic amines is 2. The van der Waals surface area contributed by atoms with Crippen molar-refractivity contribution in [3.05, 3.63) is 72.3 Å². The summed E-state index contributed by atoms with van der Waals surface area (Å²) in [6.45, 7) is 8.57. The Hall–Kier alpha value is -6.26. The fourth-order valence-corrected chi connectivity index (χ4v) is 10.3. The number of fused-ring (bicyclic) bond motifs is 6. The second kappa shape index (κ2) is 18.3. The number of hydrogen-bond acceptors (Lipinski definition) is 10. The average Bonchev–Trinajstić information content (AvgIpc) is 4.14. The monoisotopic (exact) mass is 886 g/mol. The number of hydrogen-bond donors (Lipinski definition) is 4. The maximum atomic E-state index is 14.5. The van der Waals surface area contributed by atoms with Gasteiger partial charge in [0.2, 0.25) is 11.8 Å². The van der Waals surface area contributed by atoms with Gasteiger partial charge in [0.05, 0.1) is 55.0 Å². The van der Waals surface area contributed by atoms with E-state index in [1.165, 1.54) is 14.2 Å². The molecule has 2 aromatic heterocycles. The van der Waals surface area contributed by atoms with Gasteiger partial charge in [-0.1, -0.05) is 57.2 Å². The number of alkyl carbamates (subject to hydrolysis) is 2. The number of H-pyrrole nitrogens is 2. The maximum absolute atomic E-state index is 14.5. The molecule has 3 fully saturated rings. The standard InChI is InChI=1S/C49H58N8O8/c1-26(2)40(54-48(60)63-5)46(58)56-23-27(3)19-38(56)44-50-36-13-9-32-21-30(7-11-34(32)42(36)52-44)31-8-12-35-33(22-31)10-14-37-43(35)53-45(51-37)39-20-28(25-62-4)24-57(39)47(59)41(55-49(61)64-6)29-15-17-65-18-16-29/h7-14,21-22,26-29,38-41H,15-20,23-25H2,1-6H3,(H,50,52)(H,51,53)(H,54,60)(H,55,61)/t27-,28-,38-,39-,40-,41+/m0/s1. The number of aromatic nitrogens is 4. The summed E-state index contributed by atoms with van der Waals surface area (Å²) in [4.78, 5) is 74.1. The third-order valence-electron chi connectivity index (χ3n) is 13.7. The molecular formula is C49H58N8O8. The second-order valence-corrected chi connectivity index (χ2v) is 18.4. The van der Waals surface area contributed by atoms with E-state index in [4.69, 9.17) is 28.9 Å². The quantitative estimate of drug-likeness (QED) is 0.102. The van der Waals surface area contributed by atoms with E-state index < -0.39 is 24.3 Å². The van der Waals surface area contributed by atoms with Crippen LogP contribution in [-0.2, 0) is 28.5 Å². The lowest BCUT2D eigenvalue weighted by atomic mass is 9.90. The van der Waals surface area contributed by atoms with Crippen LogP contribution in [0.25, 0.3) is 54.7 Å². The molecule has 0 unspecified atom stereocenters. The molecule has 9 rings (SSSR count). The van der Waals surface area contributed by atoms with Gasteiger partial charge in [0.15, 0.2) is 0 Å². The summed E-state index contributed by atoms with van der Waals surface area (Å²) in [6.07, 6.45) is 1.49. The SMILES string of the molecule is COC[C@H]1C[C@@H](c2nc3c(ccc4cc(-c5ccc6c(ccc7[nH]c([C@@H]8C[C@H](C)CN8C(=O)[C@@H](NC(=O)OC)C(C)C)nc76)c5)ccc43)[nH]2)N(C(=O)[C@H](NC(=O)OC)C2CCOCC2)C1. The largest absolute Gasteiger partial charge is 0.453 e. The van der Waals surface area contributed by atoms with E-state index >= 15 is 0 Å². The number of nitrogens with one attached hydrogen (secondary N) is 4. The zero-order valence-corrected chi connectivity index (χ0v) is 37.8.